The molecule has 1 saturated carbocycles. The lowest BCUT2D eigenvalue weighted by atomic mass is 10.1. The van der Waals surface area contributed by atoms with Crippen molar-refractivity contribution >= 4 is 16.6 Å². The summed E-state index contributed by atoms with van der Waals surface area (Å²) >= 11 is 0. The Morgan fingerprint density at radius 1 is 1.38 bits per heavy atom. The number of rotatable bonds is 5. The van der Waals surface area contributed by atoms with E-state index in [1.165, 1.54) is 12.8 Å². The van der Waals surface area contributed by atoms with Crippen LogP contribution in [0.25, 0.3) is 10.9 Å². The Hall–Kier alpha value is -1.85. The summed E-state index contributed by atoms with van der Waals surface area (Å²) in [5.41, 5.74) is 3.17. The van der Waals surface area contributed by atoms with Crippen molar-refractivity contribution in [2.24, 2.45) is 0 Å². The van der Waals surface area contributed by atoms with Crippen molar-refractivity contribution in [3.63, 3.8) is 0 Å². The quantitative estimate of drug-likeness (QED) is 0.915. The number of hydrogen-bond donors (Lipinski definition) is 1. The fourth-order valence-electron chi connectivity index (χ4n) is 3.55. The lowest BCUT2D eigenvalue weighted by Gasteiger charge is -2.33. The van der Waals surface area contributed by atoms with Crippen molar-refractivity contribution < 1.29 is 9.47 Å². The summed E-state index contributed by atoms with van der Waals surface area (Å²) < 4.78 is 11.4. The van der Waals surface area contributed by atoms with Gasteiger partial charge < -0.3 is 14.8 Å². The zero-order valence-corrected chi connectivity index (χ0v) is 14.4. The monoisotopic (exact) mass is 327 g/mol. The van der Waals surface area contributed by atoms with Crippen LogP contribution >= 0.6 is 0 Å². The molecule has 24 heavy (non-hydrogen) atoms. The maximum absolute atomic E-state index is 5.96. The summed E-state index contributed by atoms with van der Waals surface area (Å²) in [6.07, 6.45) is 4.86. The molecule has 1 aromatic carbocycles. The van der Waals surface area contributed by atoms with Gasteiger partial charge in [0.25, 0.3) is 0 Å². The molecule has 1 aromatic heterocycles. The number of aryl methyl sites for hydroxylation is 1. The Morgan fingerprint density at radius 2 is 2.25 bits per heavy atom. The minimum Gasteiger partial charge on any atom is -0.494 e. The molecule has 1 aliphatic heterocycles. The van der Waals surface area contributed by atoms with Gasteiger partial charge in [0.1, 0.15) is 11.3 Å². The van der Waals surface area contributed by atoms with E-state index in [0.717, 1.165) is 60.2 Å². The van der Waals surface area contributed by atoms with Crippen LogP contribution in [0.5, 0.6) is 5.75 Å². The second kappa shape index (κ2) is 6.57. The topological polar surface area (TPSA) is 46.6 Å². The van der Waals surface area contributed by atoms with Gasteiger partial charge in [-0.25, -0.2) is 0 Å². The van der Waals surface area contributed by atoms with Crippen LogP contribution in [-0.4, -0.2) is 55.4 Å². The van der Waals surface area contributed by atoms with Gasteiger partial charge >= 0.3 is 0 Å². The molecule has 1 N–H and O–H groups in total. The highest BCUT2D eigenvalue weighted by atomic mass is 16.5. The number of pyridine rings is 1. The third kappa shape index (κ3) is 3.06. The third-order valence-electron chi connectivity index (χ3n) is 5.01. The normalized spacial score (nSPS) is 21.8. The molecular formula is C19H25N3O2. The lowest BCUT2D eigenvalue weighted by Crippen LogP contribution is -2.46. The molecule has 2 aromatic rings. The molecule has 0 radical (unpaired) electrons. The van der Waals surface area contributed by atoms with Crippen LogP contribution in [0.4, 0.5) is 5.69 Å². The van der Waals surface area contributed by atoms with Crippen molar-refractivity contribution in [2.75, 3.05) is 38.7 Å². The Balaban J connectivity index is 1.52. The van der Waals surface area contributed by atoms with Gasteiger partial charge in [-0.3, -0.25) is 9.88 Å². The number of fused-ring (bicyclic) bond motifs is 1. The second-order valence-electron chi connectivity index (χ2n) is 6.77. The molecule has 128 valence electrons. The first-order valence-corrected chi connectivity index (χ1v) is 8.78. The first-order valence-electron chi connectivity index (χ1n) is 8.78. The van der Waals surface area contributed by atoms with E-state index in [1.54, 1.807) is 7.11 Å². The van der Waals surface area contributed by atoms with E-state index >= 15 is 0 Å². The molecule has 1 saturated heterocycles. The molecule has 0 spiro atoms. The average Bonchev–Trinajstić information content (AvgIpc) is 3.45. The first-order chi connectivity index (χ1) is 11.8. The summed E-state index contributed by atoms with van der Waals surface area (Å²) in [5.74, 6) is 0.810. The Morgan fingerprint density at radius 3 is 3.04 bits per heavy atom. The van der Waals surface area contributed by atoms with Gasteiger partial charge in [0.05, 0.1) is 19.8 Å². The van der Waals surface area contributed by atoms with Gasteiger partial charge in [-0.1, -0.05) is 12.1 Å². The standard InChI is InChI=1S/C19H25N3O2/c1-13-10-20-19-16(4-3-5-17(19)23-2)18(13)21-11-15-12-22(8-9-24-15)14-6-7-14/h3-5,10,14-15H,6-9,11-12H2,1-2H3,(H,20,21). The fourth-order valence-corrected chi connectivity index (χ4v) is 3.55. The van der Waals surface area contributed by atoms with E-state index in [1.807, 2.05) is 18.3 Å². The van der Waals surface area contributed by atoms with Crippen molar-refractivity contribution in [2.45, 2.75) is 31.9 Å². The minimum absolute atomic E-state index is 0.243. The largest absolute Gasteiger partial charge is 0.494 e. The Kier molecular flexibility index (Phi) is 4.29. The van der Waals surface area contributed by atoms with E-state index in [9.17, 15) is 0 Å². The highest BCUT2D eigenvalue weighted by Gasteiger charge is 2.32. The van der Waals surface area contributed by atoms with Gasteiger partial charge in [0.15, 0.2) is 0 Å². The minimum atomic E-state index is 0.243. The molecule has 2 fully saturated rings. The van der Waals surface area contributed by atoms with Crippen LogP contribution in [0.1, 0.15) is 18.4 Å². The smallest absolute Gasteiger partial charge is 0.145 e. The molecular weight excluding hydrogens is 302 g/mol. The summed E-state index contributed by atoms with van der Waals surface area (Å²) in [6, 6.07) is 6.87. The van der Waals surface area contributed by atoms with Crippen molar-refractivity contribution in [3.8, 4) is 5.75 Å². The summed E-state index contributed by atoms with van der Waals surface area (Å²) in [5, 5.41) is 4.71. The van der Waals surface area contributed by atoms with Gasteiger partial charge in [-0.2, -0.15) is 0 Å². The SMILES string of the molecule is COc1cccc2c(NCC3CN(C4CC4)CCO3)c(C)cnc12. The highest BCUT2D eigenvalue weighted by Crippen LogP contribution is 2.32. The summed E-state index contributed by atoms with van der Waals surface area (Å²) in [6.45, 7) is 5.86. The molecule has 2 heterocycles. The van der Waals surface area contributed by atoms with E-state index in [-0.39, 0.29) is 6.10 Å². The number of ether oxygens (including phenoxy) is 2. The highest BCUT2D eigenvalue weighted by molar-refractivity contribution is 5.96. The van der Waals surface area contributed by atoms with Crippen LogP contribution in [0, 0.1) is 6.92 Å². The van der Waals surface area contributed by atoms with Crippen LogP contribution in [-0.2, 0) is 4.74 Å². The Bertz CT molecular complexity index is 730. The van der Waals surface area contributed by atoms with Crippen LogP contribution in [0.3, 0.4) is 0 Å². The predicted molar refractivity (Wildman–Crippen MR) is 95.9 cm³/mol. The fraction of sp³-hybridized carbons (Fsp3) is 0.526. The molecule has 2 aliphatic rings. The number of methoxy groups -OCH3 is 1. The summed E-state index contributed by atoms with van der Waals surface area (Å²) in [4.78, 5) is 7.13. The number of nitrogens with zero attached hydrogens (tertiary/aromatic N) is 2. The zero-order valence-electron chi connectivity index (χ0n) is 14.4. The molecule has 5 nitrogen and oxygen atoms in total. The summed E-state index contributed by atoms with van der Waals surface area (Å²) in [7, 11) is 1.69. The van der Waals surface area contributed by atoms with Gasteiger partial charge in [0.2, 0.25) is 0 Å². The number of hydrogen-bond acceptors (Lipinski definition) is 5. The van der Waals surface area contributed by atoms with E-state index in [2.05, 4.69) is 28.2 Å². The van der Waals surface area contributed by atoms with Gasteiger partial charge in [0, 0.05) is 42.9 Å². The third-order valence-corrected chi connectivity index (χ3v) is 5.01. The molecule has 1 aliphatic carbocycles. The van der Waals surface area contributed by atoms with E-state index < -0.39 is 0 Å². The number of aromatic nitrogens is 1. The average molecular weight is 327 g/mol. The van der Waals surface area contributed by atoms with Crippen LogP contribution in [0.15, 0.2) is 24.4 Å². The second-order valence-corrected chi connectivity index (χ2v) is 6.77. The van der Waals surface area contributed by atoms with Gasteiger partial charge in [-0.05, 0) is 31.4 Å². The zero-order chi connectivity index (χ0) is 16.5. The molecule has 0 bridgehead atoms. The molecule has 5 heteroatoms. The number of nitrogens with one attached hydrogen (secondary N) is 1. The first kappa shape index (κ1) is 15.7. The van der Waals surface area contributed by atoms with Crippen LogP contribution in [0.2, 0.25) is 0 Å². The molecule has 1 atom stereocenters. The predicted octanol–water partition coefficient (Wildman–Crippen LogP) is 2.83. The number of morpholine rings is 1. The molecule has 1 unspecified atom stereocenters. The number of benzene rings is 1. The van der Waals surface area contributed by atoms with Crippen LogP contribution < -0.4 is 10.1 Å². The molecule has 0 amide bonds. The number of para-hydroxylation sites is 1. The van der Waals surface area contributed by atoms with Crippen molar-refractivity contribution in [1.29, 1.82) is 0 Å². The van der Waals surface area contributed by atoms with Crippen molar-refractivity contribution in [3.05, 3.63) is 30.0 Å². The van der Waals surface area contributed by atoms with E-state index in [4.69, 9.17) is 9.47 Å². The van der Waals surface area contributed by atoms with E-state index in [0.29, 0.717) is 0 Å². The molecule has 4 rings (SSSR count). The van der Waals surface area contributed by atoms with Gasteiger partial charge in [-0.15, -0.1) is 0 Å². The maximum Gasteiger partial charge on any atom is 0.145 e. The van der Waals surface area contributed by atoms with Crippen molar-refractivity contribution in [1.82, 2.24) is 9.88 Å². The Labute approximate surface area is 143 Å². The maximum atomic E-state index is 5.96. The number of anilines is 1. The lowest BCUT2D eigenvalue weighted by molar-refractivity contribution is -0.0241.